The number of carboxylic acids is 1. The number of aryl methyl sites for hydroxylation is 1. The lowest BCUT2D eigenvalue weighted by molar-refractivity contribution is -0.146. The summed E-state index contributed by atoms with van der Waals surface area (Å²) >= 11 is 0. The van der Waals surface area contributed by atoms with Crippen LogP contribution in [0.15, 0.2) is 24.3 Å². The number of nitrogens with one attached hydrogen (secondary N) is 2. The summed E-state index contributed by atoms with van der Waals surface area (Å²) in [6.45, 7) is 2.13. The minimum atomic E-state index is -1.58. The maximum absolute atomic E-state index is 11.3. The summed E-state index contributed by atoms with van der Waals surface area (Å²) in [4.78, 5) is 21.6. The van der Waals surface area contributed by atoms with E-state index in [1.165, 1.54) is 0 Å². The Hall–Kier alpha value is -2.08. The van der Waals surface area contributed by atoms with Gasteiger partial charge in [0.2, 0.25) is 0 Å². The normalized spacial score (nSPS) is 11.7. The summed E-state index contributed by atoms with van der Waals surface area (Å²) in [6.07, 6.45) is -0.885. The molecule has 0 saturated carbocycles. The zero-order valence-corrected chi connectivity index (χ0v) is 10.7. The van der Waals surface area contributed by atoms with Crippen molar-refractivity contribution in [1.82, 2.24) is 10.6 Å². The first-order valence-corrected chi connectivity index (χ1v) is 5.97. The average molecular weight is 266 g/mol. The Bertz CT molecular complexity index is 448. The molecule has 0 aliphatic rings. The second-order valence-electron chi connectivity index (χ2n) is 4.17. The van der Waals surface area contributed by atoms with E-state index < -0.39 is 18.1 Å². The number of carboxylic acid groups (broad SMARTS) is 1. The van der Waals surface area contributed by atoms with Gasteiger partial charge in [-0.15, -0.1) is 0 Å². The highest BCUT2D eigenvalue weighted by Crippen LogP contribution is 2.06. The number of carbonyl (C=O) groups is 2. The van der Waals surface area contributed by atoms with Gasteiger partial charge in [0.15, 0.2) is 6.10 Å². The molecule has 0 radical (unpaired) electrons. The van der Waals surface area contributed by atoms with E-state index in [4.69, 9.17) is 10.2 Å². The Kier molecular flexibility index (Phi) is 5.81. The summed E-state index contributed by atoms with van der Waals surface area (Å²) in [6, 6.07) is 7.38. The fourth-order valence-electron chi connectivity index (χ4n) is 1.54. The molecule has 0 spiro atoms. The van der Waals surface area contributed by atoms with E-state index in [9.17, 15) is 9.59 Å². The number of hydrogen-bond acceptors (Lipinski definition) is 3. The first-order valence-electron chi connectivity index (χ1n) is 5.97. The first kappa shape index (κ1) is 15.0. The Morgan fingerprint density at radius 3 is 2.58 bits per heavy atom. The van der Waals surface area contributed by atoms with Crippen LogP contribution in [0.1, 0.15) is 11.1 Å². The molecule has 0 aromatic heterocycles. The van der Waals surface area contributed by atoms with Crippen LogP contribution in [0.25, 0.3) is 0 Å². The van der Waals surface area contributed by atoms with Gasteiger partial charge >= 0.3 is 12.0 Å². The lowest BCUT2D eigenvalue weighted by atomic mass is 10.1. The van der Waals surface area contributed by atoms with Gasteiger partial charge < -0.3 is 20.8 Å². The minimum absolute atomic E-state index is 0.314. The van der Waals surface area contributed by atoms with Gasteiger partial charge in [0.25, 0.3) is 0 Å². The van der Waals surface area contributed by atoms with Gasteiger partial charge in [-0.25, -0.2) is 9.59 Å². The van der Waals surface area contributed by atoms with E-state index in [0.717, 1.165) is 11.1 Å². The van der Waals surface area contributed by atoms with Gasteiger partial charge in [0.1, 0.15) is 0 Å². The highest BCUT2D eigenvalue weighted by Gasteiger charge is 2.13. The van der Waals surface area contributed by atoms with Crippen molar-refractivity contribution in [3.8, 4) is 0 Å². The monoisotopic (exact) mass is 266 g/mol. The van der Waals surface area contributed by atoms with Crippen molar-refractivity contribution < 1.29 is 19.8 Å². The predicted molar refractivity (Wildman–Crippen MR) is 69.9 cm³/mol. The molecule has 2 amide bonds. The number of carbonyl (C=O) groups excluding carboxylic acids is 1. The molecule has 0 fully saturated rings. The molecule has 1 aromatic carbocycles. The summed E-state index contributed by atoms with van der Waals surface area (Å²) in [7, 11) is 0. The fourth-order valence-corrected chi connectivity index (χ4v) is 1.54. The van der Waals surface area contributed by atoms with E-state index in [-0.39, 0.29) is 6.54 Å². The second-order valence-corrected chi connectivity index (χ2v) is 4.17. The Balaban J connectivity index is 2.24. The number of aliphatic carboxylic acids is 1. The van der Waals surface area contributed by atoms with Crippen LogP contribution >= 0.6 is 0 Å². The SMILES string of the molecule is Cc1ccccc1CCNC(=O)NC[C@H](O)C(=O)O. The number of benzene rings is 1. The largest absolute Gasteiger partial charge is 0.479 e. The second kappa shape index (κ2) is 7.38. The van der Waals surface area contributed by atoms with Crippen molar-refractivity contribution in [3.05, 3.63) is 35.4 Å². The molecule has 1 rings (SSSR count). The molecule has 0 saturated heterocycles. The molecule has 0 unspecified atom stereocenters. The molecule has 104 valence electrons. The number of amides is 2. The molecule has 0 aliphatic carbocycles. The highest BCUT2D eigenvalue weighted by molar-refractivity contribution is 5.76. The summed E-state index contributed by atoms with van der Waals surface area (Å²) in [5.41, 5.74) is 2.30. The van der Waals surface area contributed by atoms with Crippen LogP contribution in [-0.4, -0.2) is 41.4 Å². The zero-order chi connectivity index (χ0) is 14.3. The Morgan fingerprint density at radius 1 is 1.26 bits per heavy atom. The van der Waals surface area contributed by atoms with Crippen molar-refractivity contribution in [2.24, 2.45) is 0 Å². The smallest absolute Gasteiger partial charge is 0.334 e. The van der Waals surface area contributed by atoms with Crippen LogP contribution in [0.3, 0.4) is 0 Å². The molecule has 6 nitrogen and oxygen atoms in total. The van der Waals surface area contributed by atoms with Crippen molar-refractivity contribution in [2.45, 2.75) is 19.4 Å². The van der Waals surface area contributed by atoms with E-state index in [0.29, 0.717) is 13.0 Å². The van der Waals surface area contributed by atoms with E-state index >= 15 is 0 Å². The van der Waals surface area contributed by atoms with Gasteiger partial charge in [-0.05, 0) is 24.5 Å². The molecule has 0 heterocycles. The van der Waals surface area contributed by atoms with Gasteiger partial charge in [-0.3, -0.25) is 0 Å². The van der Waals surface area contributed by atoms with Crippen molar-refractivity contribution in [3.63, 3.8) is 0 Å². The third-order valence-corrected chi connectivity index (χ3v) is 2.68. The predicted octanol–water partition coefficient (Wildman–Crippen LogP) is 0.282. The van der Waals surface area contributed by atoms with Crippen LogP contribution in [0.2, 0.25) is 0 Å². The van der Waals surface area contributed by atoms with E-state index in [1.807, 2.05) is 31.2 Å². The van der Waals surface area contributed by atoms with Crippen molar-refractivity contribution in [1.29, 1.82) is 0 Å². The summed E-state index contributed by atoms with van der Waals surface area (Å²) in [5, 5.41) is 22.3. The molecule has 6 heteroatoms. The molecule has 1 aromatic rings. The van der Waals surface area contributed by atoms with Crippen molar-refractivity contribution >= 4 is 12.0 Å². The van der Waals surface area contributed by atoms with Gasteiger partial charge in [-0.1, -0.05) is 24.3 Å². The number of urea groups is 1. The lowest BCUT2D eigenvalue weighted by Gasteiger charge is -2.10. The van der Waals surface area contributed by atoms with Gasteiger partial charge in [-0.2, -0.15) is 0 Å². The van der Waals surface area contributed by atoms with E-state index in [1.54, 1.807) is 0 Å². The number of aliphatic hydroxyl groups is 1. The van der Waals surface area contributed by atoms with Crippen LogP contribution in [0.4, 0.5) is 4.79 Å². The Morgan fingerprint density at radius 2 is 1.95 bits per heavy atom. The maximum atomic E-state index is 11.3. The van der Waals surface area contributed by atoms with E-state index in [2.05, 4.69) is 10.6 Å². The number of hydrogen-bond donors (Lipinski definition) is 4. The Labute approximate surface area is 111 Å². The molecule has 0 bridgehead atoms. The van der Waals surface area contributed by atoms with Crippen LogP contribution in [0, 0.1) is 6.92 Å². The molecule has 19 heavy (non-hydrogen) atoms. The van der Waals surface area contributed by atoms with Crippen LogP contribution < -0.4 is 10.6 Å². The molecular weight excluding hydrogens is 248 g/mol. The minimum Gasteiger partial charge on any atom is -0.479 e. The van der Waals surface area contributed by atoms with Crippen molar-refractivity contribution in [2.75, 3.05) is 13.1 Å². The van der Waals surface area contributed by atoms with Crippen LogP contribution in [0.5, 0.6) is 0 Å². The van der Waals surface area contributed by atoms with Gasteiger partial charge in [0.05, 0.1) is 6.54 Å². The molecule has 1 atom stereocenters. The first-order chi connectivity index (χ1) is 9.00. The van der Waals surface area contributed by atoms with Crippen LogP contribution in [-0.2, 0) is 11.2 Å². The topological polar surface area (TPSA) is 98.7 Å². The molecule has 4 N–H and O–H groups in total. The number of aliphatic hydroxyl groups excluding tert-OH is 1. The fraction of sp³-hybridized carbons (Fsp3) is 0.385. The molecular formula is C13H18N2O4. The standard InChI is InChI=1S/C13H18N2O4/c1-9-4-2-3-5-10(9)6-7-14-13(19)15-8-11(16)12(17)18/h2-5,11,16H,6-8H2,1H3,(H,17,18)(H2,14,15,19)/t11-/m0/s1. The maximum Gasteiger partial charge on any atom is 0.334 e. The quantitative estimate of drug-likeness (QED) is 0.594. The number of rotatable bonds is 6. The lowest BCUT2D eigenvalue weighted by Crippen LogP contribution is -2.42. The third-order valence-electron chi connectivity index (χ3n) is 2.68. The third kappa shape index (κ3) is 5.39. The van der Waals surface area contributed by atoms with Gasteiger partial charge in [0, 0.05) is 6.54 Å². The highest BCUT2D eigenvalue weighted by atomic mass is 16.4. The average Bonchev–Trinajstić information content (AvgIpc) is 2.38. The molecule has 0 aliphatic heterocycles. The summed E-state index contributed by atoms with van der Waals surface area (Å²) in [5.74, 6) is -1.36. The zero-order valence-electron chi connectivity index (χ0n) is 10.7. The summed E-state index contributed by atoms with van der Waals surface area (Å²) < 4.78 is 0.